The molecule has 0 unspecified atom stereocenters. The Morgan fingerprint density at radius 3 is 2.24 bits per heavy atom. The molecule has 11 rings (SSSR count). The maximum atomic E-state index is 2.53. The van der Waals surface area contributed by atoms with Crippen molar-refractivity contribution in [2.75, 3.05) is 4.90 Å². The number of allylic oxidation sites excluding steroid dienone is 5. The number of rotatable bonds is 5. The summed E-state index contributed by atoms with van der Waals surface area (Å²) in [4.78, 5) is 4.03. The van der Waals surface area contributed by atoms with Crippen molar-refractivity contribution in [1.82, 2.24) is 0 Å². The van der Waals surface area contributed by atoms with Crippen LogP contribution in [-0.4, -0.2) is 0 Å². The Morgan fingerprint density at radius 1 is 0.574 bits per heavy atom. The Labute approximate surface area is 324 Å². The van der Waals surface area contributed by atoms with Gasteiger partial charge >= 0.3 is 0 Å². The van der Waals surface area contributed by atoms with E-state index in [1.54, 1.807) is 0 Å². The third-order valence-corrected chi connectivity index (χ3v) is 14.5. The first-order chi connectivity index (χ1) is 26.5. The Kier molecular flexibility index (Phi) is 7.27. The molecule has 0 fully saturated rings. The van der Waals surface area contributed by atoms with E-state index in [9.17, 15) is 0 Å². The lowest BCUT2D eigenvalue weighted by Gasteiger charge is -2.30. The molecule has 3 aliphatic carbocycles. The average molecular weight is 730 g/mol. The van der Waals surface area contributed by atoms with Crippen LogP contribution in [0.3, 0.4) is 0 Å². The van der Waals surface area contributed by atoms with E-state index in [0.29, 0.717) is 0 Å². The summed E-state index contributed by atoms with van der Waals surface area (Å²) in [5.41, 5.74) is 15.9. The van der Waals surface area contributed by atoms with E-state index in [0.717, 1.165) is 31.4 Å². The van der Waals surface area contributed by atoms with Crippen molar-refractivity contribution in [3.05, 3.63) is 173 Å². The maximum absolute atomic E-state index is 2.53. The van der Waals surface area contributed by atoms with E-state index in [1.165, 1.54) is 96.6 Å². The van der Waals surface area contributed by atoms with Crippen LogP contribution in [0.1, 0.15) is 54.7 Å². The van der Waals surface area contributed by atoms with Crippen molar-refractivity contribution in [2.24, 2.45) is 0 Å². The first-order valence-electron chi connectivity index (χ1n) is 19.2. The Balaban J connectivity index is 1.13. The normalized spacial score (nSPS) is 15.6. The second-order valence-corrected chi connectivity index (χ2v) is 17.6. The fourth-order valence-corrected chi connectivity index (χ4v) is 12.0. The number of nitrogens with zero attached hydrogens (tertiary/aromatic N) is 1. The SMILES string of the molecule is CC1(C)C2=C(CCC=C2)c2ccc(N(c3ccc(-c4cccc5c4sc4ccccc45)cc3)c3ccc4c5c(sc4c3-c3ccccc3)CCC=C5)cc21. The van der Waals surface area contributed by atoms with Gasteiger partial charge < -0.3 is 4.90 Å². The summed E-state index contributed by atoms with van der Waals surface area (Å²) in [5, 5.41) is 4.03. The van der Waals surface area contributed by atoms with E-state index in [2.05, 4.69) is 170 Å². The van der Waals surface area contributed by atoms with Gasteiger partial charge in [0.1, 0.15) is 0 Å². The van der Waals surface area contributed by atoms with Gasteiger partial charge in [-0.2, -0.15) is 0 Å². The molecule has 0 saturated heterocycles. The third-order valence-electron chi connectivity index (χ3n) is 12.0. The highest BCUT2D eigenvalue weighted by molar-refractivity contribution is 7.26. The molecule has 0 radical (unpaired) electrons. The van der Waals surface area contributed by atoms with E-state index in [1.807, 2.05) is 22.7 Å². The first-order valence-corrected chi connectivity index (χ1v) is 20.8. The van der Waals surface area contributed by atoms with E-state index in [-0.39, 0.29) is 5.41 Å². The molecule has 0 saturated carbocycles. The molecule has 1 nitrogen and oxygen atoms in total. The fraction of sp³-hybridized carbons (Fsp3) is 0.137. The smallest absolute Gasteiger partial charge is 0.0554 e. The molecule has 3 aliphatic rings. The molecule has 6 aromatic carbocycles. The number of fused-ring (bicyclic) bond motifs is 8. The van der Waals surface area contributed by atoms with Gasteiger partial charge in [-0.1, -0.05) is 129 Å². The lowest BCUT2D eigenvalue weighted by molar-refractivity contribution is 0.651. The van der Waals surface area contributed by atoms with Crippen LogP contribution in [-0.2, 0) is 11.8 Å². The molecule has 0 spiro atoms. The molecule has 8 aromatic rings. The van der Waals surface area contributed by atoms with Crippen LogP contribution in [0.2, 0.25) is 0 Å². The van der Waals surface area contributed by atoms with Crippen LogP contribution >= 0.6 is 22.7 Å². The number of benzene rings is 6. The van der Waals surface area contributed by atoms with Gasteiger partial charge in [0.15, 0.2) is 0 Å². The predicted molar refractivity (Wildman–Crippen MR) is 236 cm³/mol. The number of aryl methyl sites for hydroxylation is 1. The molecule has 0 aliphatic heterocycles. The molecule has 0 N–H and O–H groups in total. The van der Waals surface area contributed by atoms with E-state index >= 15 is 0 Å². The lowest BCUT2D eigenvalue weighted by atomic mass is 9.80. The zero-order valence-electron chi connectivity index (χ0n) is 30.5. The zero-order valence-corrected chi connectivity index (χ0v) is 32.2. The van der Waals surface area contributed by atoms with Crippen LogP contribution in [0.25, 0.3) is 64.2 Å². The second-order valence-electron chi connectivity index (χ2n) is 15.4. The molecule has 0 amide bonds. The van der Waals surface area contributed by atoms with E-state index < -0.39 is 0 Å². The van der Waals surface area contributed by atoms with Crippen molar-refractivity contribution in [3.63, 3.8) is 0 Å². The lowest BCUT2D eigenvalue weighted by Crippen LogP contribution is -2.18. The topological polar surface area (TPSA) is 3.24 Å². The molecule has 3 heteroatoms. The molecule has 2 heterocycles. The molecular weight excluding hydrogens is 691 g/mol. The largest absolute Gasteiger partial charge is 0.310 e. The minimum absolute atomic E-state index is 0.0542. The summed E-state index contributed by atoms with van der Waals surface area (Å²) in [6, 6.07) is 48.0. The Morgan fingerprint density at radius 2 is 1.35 bits per heavy atom. The number of hydrogen-bond acceptors (Lipinski definition) is 3. The molecule has 260 valence electrons. The Hall–Kier alpha value is -5.48. The third kappa shape index (κ3) is 4.81. The Bertz CT molecular complexity index is 2890. The van der Waals surface area contributed by atoms with Crippen LogP contribution in [0.4, 0.5) is 17.1 Å². The standard InChI is InChI=1S/C51H39NS2/c1-51(2)43-20-9-6-15-37(43)38-28-27-35(31-44(38)51)52(34-25-23-32(24-26-34)36-18-12-19-41-39-16-7-10-21-46(39)53-49(36)41)45-30-29-42-40-17-8-11-22-47(40)54-50(42)48(45)33-13-4-3-5-14-33/h3-5,7-10,12-14,16-21,23-31H,6,11,15,22H2,1-2H3. The molecule has 0 bridgehead atoms. The van der Waals surface area contributed by atoms with Gasteiger partial charge in [-0.25, -0.2) is 0 Å². The molecule has 2 aromatic heterocycles. The quantitative estimate of drug-likeness (QED) is 0.170. The van der Waals surface area contributed by atoms with Gasteiger partial charge in [-0.05, 0) is 107 Å². The van der Waals surface area contributed by atoms with Crippen molar-refractivity contribution >= 4 is 81.6 Å². The summed E-state index contributed by atoms with van der Waals surface area (Å²) < 4.78 is 4.06. The van der Waals surface area contributed by atoms with Gasteiger partial charge in [0.25, 0.3) is 0 Å². The molecular formula is C51H39NS2. The number of hydrogen-bond donors (Lipinski definition) is 0. The predicted octanol–water partition coefficient (Wildman–Crippen LogP) is 15.4. The van der Waals surface area contributed by atoms with Crippen molar-refractivity contribution in [2.45, 2.75) is 44.9 Å². The maximum Gasteiger partial charge on any atom is 0.0554 e. The average Bonchev–Trinajstić information content (AvgIpc) is 3.86. The highest BCUT2D eigenvalue weighted by atomic mass is 32.1. The number of thiophene rings is 2. The molecule has 0 atom stereocenters. The van der Waals surface area contributed by atoms with Gasteiger partial charge in [0.2, 0.25) is 0 Å². The summed E-state index contributed by atoms with van der Waals surface area (Å²) >= 11 is 3.88. The zero-order chi connectivity index (χ0) is 36.0. The highest BCUT2D eigenvalue weighted by Gasteiger charge is 2.37. The van der Waals surface area contributed by atoms with Crippen molar-refractivity contribution in [1.29, 1.82) is 0 Å². The van der Waals surface area contributed by atoms with E-state index in [4.69, 9.17) is 0 Å². The highest BCUT2D eigenvalue weighted by Crippen LogP contribution is 2.53. The summed E-state index contributed by atoms with van der Waals surface area (Å²) in [5.74, 6) is 0. The fourth-order valence-electron chi connectivity index (χ4n) is 9.39. The summed E-state index contributed by atoms with van der Waals surface area (Å²) in [6.45, 7) is 4.82. The van der Waals surface area contributed by atoms with Gasteiger partial charge in [0.05, 0.1) is 5.69 Å². The monoisotopic (exact) mass is 729 g/mol. The van der Waals surface area contributed by atoms with Crippen molar-refractivity contribution < 1.29 is 0 Å². The van der Waals surface area contributed by atoms with Crippen LogP contribution in [0.5, 0.6) is 0 Å². The van der Waals surface area contributed by atoms with Crippen LogP contribution in [0.15, 0.2) is 151 Å². The van der Waals surface area contributed by atoms with Gasteiger partial charge in [-0.3, -0.25) is 0 Å². The summed E-state index contributed by atoms with van der Waals surface area (Å²) in [6.07, 6.45) is 13.9. The number of anilines is 3. The second kappa shape index (κ2) is 12.3. The minimum atomic E-state index is -0.0542. The van der Waals surface area contributed by atoms with Crippen molar-refractivity contribution in [3.8, 4) is 22.3 Å². The first kappa shape index (κ1) is 32.0. The van der Waals surface area contributed by atoms with Gasteiger partial charge in [-0.15, -0.1) is 22.7 Å². The summed E-state index contributed by atoms with van der Waals surface area (Å²) in [7, 11) is 0. The van der Waals surface area contributed by atoms with Gasteiger partial charge in [0, 0.05) is 57.5 Å². The molecule has 54 heavy (non-hydrogen) atoms. The van der Waals surface area contributed by atoms with Crippen LogP contribution < -0.4 is 4.90 Å². The van der Waals surface area contributed by atoms with Crippen LogP contribution in [0, 0.1) is 0 Å². The minimum Gasteiger partial charge on any atom is -0.310 e.